The summed E-state index contributed by atoms with van der Waals surface area (Å²) < 4.78 is 13.6. The number of aryl methyl sites for hydroxylation is 1. The van der Waals surface area contributed by atoms with E-state index < -0.39 is 0 Å². The summed E-state index contributed by atoms with van der Waals surface area (Å²) in [6.07, 6.45) is 0. The van der Waals surface area contributed by atoms with Gasteiger partial charge in [-0.3, -0.25) is 0 Å². The molecule has 0 radical (unpaired) electrons. The van der Waals surface area contributed by atoms with Crippen LogP contribution in [0.25, 0.3) is 0 Å². The Hall–Kier alpha value is -0.930. The maximum Gasteiger partial charge on any atom is 0.126 e. The number of halogens is 1. The van der Waals surface area contributed by atoms with Crippen LogP contribution < -0.4 is 5.32 Å². The molecule has 0 heterocycles. The van der Waals surface area contributed by atoms with Crippen molar-refractivity contribution in [1.82, 2.24) is 10.2 Å². The van der Waals surface area contributed by atoms with Gasteiger partial charge in [-0.15, -0.1) is 0 Å². The summed E-state index contributed by atoms with van der Waals surface area (Å²) >= 11 is 0. The minimum Gasteiger partial charge on any atom is -0.306 e. The average molecular weight is 266 g/mol. The van der Waals surface area contributed by atoms with E-state index in [2.05, 4.69) is 37.9 Å². The Bertz CT molecular complexity index is 388. The lowest BCUT2D eigenvalue weighted by Crippen LogP contribution is -2.40. The van der Waals surface area contributed by atoms with E-state index in [0.717, 1.165) is 25.2 Å². The van der Waals surface area contributed by atoms with Crippen molar-refractivity contribution in [3.63, 3.8) is 0 Å². The van der Waals surface area contributed by atoms with Gasteiger partial charge in [0.15, 0.2) is 0 Å². The highest BCUT2D eigenvalue weighted by Gasteiger charge is 2.12. The smallest absolute Gasteiger partial charge is 0.126 e. The van der Waals surface area contributed by atoms with Crippen molar-refractivity contribution in [3.8, 4) is 0 Å². The van der Waals surface area contributed by atoms with Gasteiger partial charge in [0.05, 0.1) is 0 Å². The Labute approximate surface area is 117 Å². The molecule has 0 saturated heterocycles. The second-order valence-electron chi connectivity index (χ2n) is 5.28. The molecular formula is C16H27FN2. The molecule has 19 heavy (non-hydrogen) atoms. The lowest BCUT2D eigenvalue weighted by atomic mass is 10.1. The van der Waals surface area contributed by atoms with Gasteiger partial charge < -0.3 is 10.2 Å². The van der Waals surface area contributed by atoms with E-state index in [1.807, 2.05) is 12.1 Å². The van der Waals surface area contributed by atoms with Crippen LogP contribution in [0, 0.1) is 12.7 Å². The Morgan fingerprint density at radius 3 is 2.37 bits per heavy atom. The quantitative estimate of drug-likeness (QED) is 0.812. The third-order valence-corrected chi connectivity index (χ3v) is 3.66. The van der Waals surface area contributed by atoms with E-state index in [-0.39, 0.29) is 11.9 Å². The number of hydrogen-bond donors (Lipinski definition) is 1. The largest absolute Gasteiger partial charge is 0.306 e. The number of likely N-dealkylation sites (N-methyl/N-ethyl adjacent to an activating group) is 1. The Morgan fingerprint density at radius 2 is 1.84 bits per heavy atom. The van der Waals surface area contributed by atoms with E-state index in [0.29, 0.717) is 11.6 Å². The highest BCUT2D eigenvalue weighted by atomic mass is 19.1. The zero-order chi connectivity index (χ0) is 14.4. The first-order valence-electron chi connectivity index (χ1n) is 7.22. The van der Waals surface area contributed by atoms with Crippen LogP contribution in [0.4, 0.5) is 4.39 Å². The molecule has 0 aliphatic carbocycles. The molecule has 1 rings (SSSR count). The molecule has 2 atom stereocenters. The van der Waals surface area contributed by atoms with Crippen LogP contribution in [0.2, 0.25) is 0 Å². The highest BCUT2D eigenvalue weighted by molar-refractivity contribution is 5.25. The standard InChI is InChI=1S/C16H27FN2/c1-6-19(7-2)11-13(4)18-14(5)15-9-8-12(3)16(17)10-15/h8-10,13-14,18H,6-7,11H2,1-5H3. The summed E-state index contributed by atoms with van der Waals surface area (Å²) in [5.74, 6) is -0.123. The zero-order valence-corrected chi connectivity index (χ0v) is 12.8. The summed E-state index contributed by atoms with van der Waals surface area (Å²) in [6, 6.07) is 6.04. The van der Waals surface area contributed by atoms with Gasteiger partial charge in [-0.1, -0.05) is 26.0 Å². The lowest BCUT2D eigenvalue weighted by molar-refractivity contribution is 0.264. The molecule has 0 aliphatic heterocycles. The van der Waals surface area contributed by atoms with Gasteiger partial charge in [0.25, 0.3) is 0 Å². The third-order valence-electron chi connectivity index (χ3n) is 3.66. The van der Waals surface area contributed by atoms with Crippen molar-refractivity contribution in [3.05, 3.63) is 35.1 Å². The molecule has 3 heteroatoms. The van der Waals surface area contributed by atoms with Crippen molar-refractivity contribution in [2.75, 3.05) is 19.6 Å². The number of nitrogens with one attached hydrogen (secondary N) is 1. The van der Waals surface area contributed by atoms with Crippen LogP contribution in [0.1, 0.15) is 44.9 Å². The Morgan fingerprint density at radius 1 is 1.21 bits per heavy atom. The molecular weight excluding hydrogens is 239 g/mol. The predicted octanol–water partition coefficient (Wildman–Crippen LogP) is 3.52. The van der Waals surface area contributed by atoms with Gasteiger partial charge in [0, 0.05) is 18.6 Å². The van der Waals surface area contributed by atoms with Gasteiger partial charge in [-0.2, -0.15) is 0 Å². The number of hydrogen-bond acceptors (Lipinski definition) is 2. The van der Waals surface area contributed by atoms with E-state index in [9.17, 15) is 4.39 Å². The normalized spacial score (nSPS) is 14.7. The zero-order valence-electron chi connectivity index (χ0n) is 12.8. The Balaban J connectivity index is 2.58. The molecule has 0 saturated carbocycles. The van der Waals surface area contributed by atoms with Crippen molar-refractivity contribution < 1.29 is 4.39 Å². The molecule has 0 spiro atoms. The van der Waals surface area contributed by atoms with Crippen LogP contribution in [0.15, 0.2) is 18.2 Å². The fraction of sp³-hybridized carbons (Fsp3) is 0.625. The number of nitrogens with zero attached hydrogens (tertiary/aromatic N) is 1. The molecule has 0 amide bonds. The number of benzene rings is 1. The van der Waals surface area contributed by atoms with Crippen LogP contribution in [0.5, 0.6) is 0 Å². The summed E-state index contributed by atoms with van der Waals surface area (Å²) in [4.78, 5) is 2.39. The summed E-state index contributed by atoms with van der Waals surface area (Å²) in [5, 5.41) is 3.53. The van der Waals surface area contributed by atoms with E-state index in [1.165, 1.54) is 0 Å². The van der Waals surface area contributed by atoms with E-state index in [4.69, 9.17) is 0 Å². The summed E-state index contributed by atoms with van der Waals surface area (Å²) in [7, 11) is 0. The molecule has 0 fully saturated rings. The van der Waals surface area contributed by atoms with E-state index in [1.54, 1.807) is 13.0 Å². The summed E-state index contributed by atoms with van der Waals surface area (Å²) in [6.45, 7) is 13.6. The minimum absolute atomic E-state index is 0.123. The molecule has 0 aromatic heterocycles. The van der Waals surface area contributed by atoms with Crippen LogP contribution in [-0.2, 0) is 0 Å². The third kappa shape index (κ3) is 4.92. The second-order valence-corrected chi connectivity index (χ2v) is 5.28. The maximum atomic E-state index is 13.6. The van der Waals surface area contributed by atoms with Crippen LogP contribution in [0.3, 0.4) is 0 Å². The second kappa shape index (κ2) is 7.61. The predicted molar refractivity (Wildman–Crippen MR) is 79.9 cm³/mol. The molecule has 1 aromatic carbocycles. The maximum absolute atomic E-state index is 13.6. The van der Waals surface area contributed by atoms with Gasteiger partial charge in [0.1, 0.15) is 5.82 Å². The van der Waals surface area contributed by atoms with Crippen molar-refractivity contribution >= 4 is 0 Å². The number of rotatable bonds is 7. The topological polar surface area (TPSA) is 15.3 Å². The minimum atomic E-state index is -0.123. The molecule has 1 aromatic rings. The SMILES string of the molecule is CCN(CC)CC(C)NC(C)c1ccc(C)c(F)c1. The summed E-state index contributed by atoms with van der Waals surface area (Å²) in [5.41, 5.74) is 1.71. The highest BCUT2D eigenvalue weighted by Crippen LogP contribution is 2.16. The van der Waals surface area contributed by atoms with Crippen molar-refractivity contribution in [2.45, 2.75) is 46.7 Å². The molecule has 0 aliphatic rings. The first kappa shape index (κ1) is 16.1. The first-order valence-corrected chi connectivity index (χ1v) is 7.22. The van der Waals surface area contributed by atoms with Gasteiger partial charge in [0.2, 0.25) is 0 Å². The van der Waals surface area contributed by atoms with Crippen LogP contribution >= 0.6 is 0 Å². The van der Waals surface area contributed by atoms with E-state index >= 15 is 0 Å². The monoisotopic (exact) mass is 266 g/mol. The lowest BCUT2D eigenvalue weighted by Gasteiger charge is -2.26. The van der Waals surface area contributed by atoms with Crippen molar-refractivity contribution in [1.29, 1.82) is 0 Å². The first-order chi connectivity index (χ1) is 8.97. The molecule has 2 unspecified atom stereocenters. The fourth-order valence-electron chi connectivity index (χ4n) is 2.32. The Kier molecular flexibility index (Phi) is 6.46. The molecule has 1 N–H and O–H groups in total. The van der Waals surface area contributed by atoms with Gasteiger partial charge in [-0.05, 0) is 51.1 Å². The van der Waals surface area contributed by atoms with Crippen LogP contribution in [-0.4, -0.2) is 30.6 Å². The molecule has 108 valence electrons. The van der Waals surface area contributed by atoms with Gasteiger partial charge in [-0.25, -0.2) is 4.39 Å². The fourth-order valence-corrected chi connectivity index (χ4v) is 2.32. The molecule has 2 nitrogen and oxygen atoms in total. The van der Waals surface area contributed by atoms with Crippen molar-refractivity contribution in [2.24, 2.45) is 0 Å². The average Bonchev–Trinajstić information content (AvgIpc) is 2.38. The molecule has 0 bridgehead atoms. The van der Waals surface area contributed by atoms with Gasteiger partial charge >= 0.3 is 0 Å².